The number of methoxy groups -OCH3 is 1. The molecule has 0 bridgehead atoms. The van der Waals surface area contributed by atoms with Gasteiger partial charge in [0.05, 0.1) is 13.5 Å². The number of benzene rings is 2. The Kier molecular flexibility index (Phi) is 5.57. The molecule has 0 aliphatic carbocycles. The van der Waals surface area contributed by atoms with Gasteiger partial charge in [0.25, 0.3) is 0 Å². The van der Waals surface area contributed by atoms with Gasteiger partial charge in [-0.2, -0.15) is 0 Å². The van der Waals surface area contributed by atoms with Crippen molar-refractivity contribution >= 4 is 17.6 Å². The van der Waals surface area contributed by atoms with E-state index in [9.17, 15) is 9.59 Å². The van der Waals surface area contributed by atoms with Crippen LogP contribution in [0.2, 0.25) is 0 Å². The number of ether oxygens (including phenoxy) is 2. The van der Waals surface area contributed by atoms with Crippen LogP contribution in [0.5, 0.6) is 11.5 Å². The molecule has 23 heavy (non-hydrogen) atoms. The Balaban J connectivity index is 1.93. The van der Waals surface area contributed by atoms with Gasteiger partial charge in [0.1, 0.15) is 11.5 Å². The lowest BCUT2D eigenvalue weighted by molar-refractivity contribution is -0.139. The molecule has 0 heterocycles. The van der Waals surface area contributed by atoms with E-state index < -0.39 is 12.6 Å². The highest BCUT2D eigenvalue weighted by atomic mass is 16.5. The fraction of sp³-hybridized carbons (Fsp3) is 0.176. The normalized spacial score (nSPS) is 9.96. The molecule has 1 amide bonds. The van der Waals surface area contributed by atoms with E-state index in [0.29, 0.717) is 17.2 Å². The number of carbonyl (C=O) groups is 2. The van der Waals surface area contributed by atoms with Crippen molar-refractivity contribution in [2.24, 2.45) is 0 Å². The fourth-order valence-electron chi connectivity index (χ4n) is 2.01. The lowest BCUT2D eigenvalue weighted by atomic mass is 10.1. The second-order valence-electron chi connectivity index (χ2n) is 4.74. The average Bonchev–Trinajstić information content (AvgIpc) is 2.54. The average molecular weight is 315 g/mol. The maximum atomic E-state index is 12.1. The zero-order chi connectivity index (χ0) is 16.7. The minimum absolute atomic E-state index is 0.172. The first-order chi connectivity index (χ1) is 11.1. The molecular formula is C17H17NO5. The summed E-state index contributed by atoms with van der Waals surface area (Å²) in [5.41, 5.74) is 1.40. The van der Waals surface area contributed by atoms with Crippen LogP contribution in [0.25, 0.3) is 0 Å². The van der Waals surface area contributed by atoms with E-state index >= 15 is 0 Å². The van der Waals surface area contributed by atoms with Gasteiger partial charge in [-0.15, -0.1) is 0 Å². The summed E-state index contributed by atoms with van der Waals surface area (Å²) in [5, 5.41) is 11.3. The standard InChI is InChI=1S/C17H17NO5/c1-22-15-5-3-2-4-12(15)10-16(19)18-13-6-8-14(9-7-13)23-11-17(20)21/h2-9H,10-11H2,1H3,(H,18,19)(H,20,21). The van der Waals surface area contributed by atoms with Gasteiger partial charge in [-0.3, -0.25) is 4.79 Å². The van der Waals surface area contributed by atoms with E-state index in [1.54, 1.807) is 37.4 Å². The molecule has 6 heteroatoms. The van der Waals surface area contributed by atoms with E-state index in [1.165, 1.54) is 0 Å². The minimum Gasteiger partial charge on any atom is -0.496 e. The topological polar surface area (TPSA) is 84.9 Å². The Hall–Kier alpha value is -3.02. The van der Waals surface area contributed by atoms with Gasteiger partial charge < -0.3 is 19.9 Å². The first kappa shape index (κ1) is 16.4. The summed E-state index contributed by atoms with van der Waals surface area (Å²) in [7, 11) is 1.56. The lowest BCUT2D eigenvalue weighted by Gasteiger charge is -2.09. The van der Waals surface area contributed by atoms with E-state index in [1.807, 2.05) is 18.2 Å². The van der Waals surface area contributed by atoms with Gasteiger partial charge in [-0.05, 0) is 30.3 Å². The number of hydrogen-bond donors (Lipinski definition) is 2. The maximum Gasteiger partial charge on any atom is 0.341 e. The third-order valence-electron chi connectivity index (χ3n) is 3.04. The van der Waals surface area contributed by atoms with Crippen molar-refractivity contribution in [3.63, 3.8) is 0 Å². The summed E-state index contributed by atoms with van der Waals surface area (Å²) >= 11 is 0. The minimum atomic E-state index is -1.04. The van der Waals surface area contributed by atoms with Crippen molar-refractivity contribution in [3.8, 4) is 11.5 Å². The molecule has 0 fully saturated rings. The van der Waals surface area contributed by atoms with Gasteiger partial charge in [0.2, 0.25) is 5.91 Å². The van der Waals surface area contributed by atoms with Crippen molar-refractivity contribution in [2.75, 3.05) is 19.0 Å². The third kappa shape index (κ3) is 5.03. The zero-order valence-electron chi connectivity index (χ0n) is 12.6. The summed E-state index contributed by atoms with van der Waals surface area (Å²) < 4.78 is 10.2. The maximum absolute atomic E-state index is 12.1. The monoisotopic (exact) mass is 315 g/mol. The van der Waals surface area contributed by atoms with Crippen molar-refractivity contribution in [2.45, 2.75) is 6.42 Å². The molecule has 0 spiro atoms. The van der Waals surface area contributed by atoms with Crippen molar-refractivity contribution in [1.82, 2.24) is 0 Å². The van der Waals surface area contributed by atoms with Crippen molar-refractivity contribution in [3.05, 3.63) is 54.1 Å². The SMILES string of the molecule is COc1ccccc1CC(=O)Nc1ccc(OCC(=O)O)cc1. The van der Waals surface area contributed by atoms with E-state index in [4.69, 9.17) is 14.6 Å². The summed E-state index contributed by atoms with van der Waals surface area (Å²) in [6.07, 6.45) is 0.196. The Labute approximate surface area is 133 Å². The van der Waals surface area contributed by atoms with Gasteiger partial charge in [-0.25, -0.2) is 4.79 Å². The summed E-state index contributed by atoms with van der Waals surface area (Å²) in [5.74, 6) is -0.122. The lowest BCUT2D eigenvalue weighted by Crippen LogP contribution is -2.15. The molecule has 0 saturated carbocycles. The van der Waals surface area contributed by atoms with Gasteiger partial charge in [0, 0.05) is 11.3 Å². The fourth-order valence-corrected chi connectivity index (χ4v) is 2.01. The van der Waals surface area contributed by atoms with Gasteiger partial charge in [0.15, 0.2) is 6.61 Å². The Bertz CT molecular complexity index is 682. The molecule has 2 rings (SSSR count). The first-order valence-electron chi connectivity index (χ1n) is 6.95. The Morgan fingerprint density at radius 2 is 1.78 bits per heavy atom. The molecule has 0 aromatic heterocycles. The molecule has 6 nitrogen and oxygen atoms in total. The predicted octanol–water partition coefficient (Wildman–Crippen LogP) is 2.34. The van der Waals surface area contributed by atoms with E-state index in [-0.39, 0.29) is 12.3 Å². The summed E-state index contributed by atoms with van der Waals surface area (Å²) in [6.45, 7) is -0.403. The molecule has 2 N–H and O–H groups in total. The summed E-state index contributed by atoms with van der Waals surface area (Å²) in [4.78, 5) is 22.5. The van der Waals surface area contributed by atoms with Crippen molar-refractivity contribution < 1.29 is 24.2 Å². The molecule has 2 aromatic carbocycles. The number of nitrogens with one attached hydrogen (secondary N) is 1. The number of carboxylic acids is 1. The van der Waals surface area contributed by atoms with Gasteiger partial charge >= 0.3 is 5.97 Å². The molecule has 2 aromatic rings. The Morgan fingerprint density at radius 1 is 1.09 bits per heavy atom. The second kappa shape index (κ2) is 7.84. The number of anilines is 1. The van der Waals surface area contributed by atoms with Crippen LogP contribution < -0.4 is 14.8 Å². The zero-order valence-corrected chi connectivity index (χ0v) is 12.6. The highest BCUT2D eigenvalue weighted by Crippen LogP contribution is 2.19. The van der Waals surface area contributed by atoms with Crippen LogP contribution in [0.4, 0.5) is 5.69 Å². The molecule has 0 atom stereocenters. The molecule has 0 aliphatic heterocycles. The number of hydrogen-bond acceptors (Lipinski definition) is 4. The number of carbonyl (C=O) groups excluding carboxylic acids is 1. The second-order valence-corrected chi connectivity index (χ2v) is 4.74. The van der Waals surface area contributed by atoms with Crippen LogP contribution in [0.1, 0.15) is 5.56 Å². The third-order valence-corrected chi connectivity index (χ3v) is 3.04. The quantitative estimate of drug-likeness (QED) is 0.819. The number of carboxylic acid groups (broad SMARTS) is 1. The number of para-hydroxylation sites is 1. The molecule has 0 saturated heterocycles. The van der Waals surface area contributed by atoms with Crippen LogP contribution in [0.15, 0.2) is 48.5 Å². The predicted molar refractivity (Wildman–Crippen MR) is 84.9 cm³/mol. The van der Waals surface area contributed by atoms with Crippen LogP contribution in [0.3, 0.4) is 0 Å². The van der Waals surface area contributed by atoms with Crippen LogP contribution in [-0.2, 0) is 16.0 Å². The molecule has 0 radical (unpaired) electrons. The summed E-state index contributed by atoms with van der Waals surface area (Å²) in [6, 6.07) is 13.8. The smallest absolute Gasteiger partial charge is 0.341 e. The van der Waals surface area contributed by atoms with Crippen LogP contribution in [-0.4, -0.2) is 30.7 Å². The number of amides is 1. The largest absolute Gasteiger partial charge is 0.496 e. The number of rotatable bonds is 7. The van der Waals surface area contributed by atoms with Crippen molar-refractivity contribution in [1.29, 1.82) is 0 Å². The Morgan fingerprint density at radius 3 is 2.43 bits per heavy atom. The van der Waals surface area contributed by atoms with Gasteiger partial charge in [-0.1, -0.05) is 18.2 Å². The molecular weight excluding hydrogens is 298 g/mol. The molecule has 0 aliphatic rings. The van der Waals surface area contributed by atoms with E-state index in [2.05, 4.69) is 5.32 Å². The first-order valence-corrected chi connectivity index (χ1v) is 6.95. The highest BCUT2D eigenvalue weighted by Gasteiger charge is 2.08. The highest BCUT2D eigenvalue weighted by molar-refractivity contribution is 5.92. The molecule has 120 valence electrons. The van der Waals surface area contributed by atoms with E-state index in [0.717, 1.165) is 5.56 Å². The molecule has 0 unspecified atom stereocenters. The van der Waals surface area contributed by atoms with Crippen LogP contribution >= 0.6 is 0 Å². The number of aliphatic carboxylic acids is 1. The van der Waals surface area contributed by atoms with Crippen LogP contribution in [0, 0.1) is 0 Å².